The lowest BCUT2D eigenvalue weighted by Gasteiger charge is -2.20. The molecule has 0 aliphatic carbocycles. The van der Waals surface area contributed by atoms with Crippen molar-refractivity contribution in [1.82, 2.24) is 19.8 Å². The fourth-order valence-corrected chi connectivity index (χ4v) is 2.38. The first kappa shape index (κ1) is 17.4. The van der Waals surface area contributed by atoms with Crippen LogP contribution in [0.15, 0.2) is 53.3 Å². The zero-order valence-electron chi connectivity index (χ0n) is 13.4. The van der Waals surface area contributed by atoms with E-state index < -0.39 is 29.0 Å². The van der Waals surface area contributed by atoms with Crippen LogP contribution in [0.5, 0.6) is 0 Å². The van der Waals surface area contributed by atoms with E-state index in [1.54, 1.807) is 30.3 Å². The highest BCUT2D eigenvalue weighted by Crippen LogP contribution is 2.15. The number of carbonyl (C=O) groups is 1. The largest absolute Gasteiger partial charge is 0.377 e. The fourth-order valence-electron chi connectivity index (χ4n) is 2.38. The molecule has 2 aromatic carbocycles. The van der Waals surface area contributed by atoms with Crippen LogP contribution in [0.3, 0.4) is 0 Å². The molecule has 134 valence electrons. The third-order valence-electron chi connectivity index (χ3n) is 3.56. The minimum Gasteiger partial charge on any atom is -0.329 e. The summed E-state index contributed by atoms with van der Waals surface area (Å²) in [5.41, 5.74) is 4.22. The van der Waals surface area contributed by atoms with Gasteiger partial charge in [-0.05, 0) is 34.7 Å². The first-order chi connectivity index (χ1) is 12.5. The van der Waals surface area contributed by atoms with E-state index in [0.29, 0.717) is 15.1 Å². The highest BCUT2D eigenvalue weighted by molar-refractivity contribution is 5.92. The van der Waals surface area contributed by atoms with E-state index in [1.165, 1.54) is 4.90 Å². The molecule has 3 rings (SSSR count). The molecule has 0 radical (unpaired) electrons. The Morgan fingerprint density at radius 1 is 1.04 bits per heavy atom. The minimum absolute atomic E-state index is 0.107. The Morgan fingerprint density at radius 2 is 1.69 bits per heavy atom. The summed E-state index contributed by atoms with van der Waals surface area (Å²) >= 11 is 0. The predicted octanol–water partition coefficient (Wildman–Crippen LogP) is 1.14. The van der Waals surface area contributed by atoms with E-state index in [0.717, 1.165) is 18.2 Å². The predicted molar refractivity (Wildman–Crippen MR) is 89.2 cm³/mol. The van der Waals surface area contributed by atoms with E-state index in [4.69, 9.17) is 5.73 Å². The molecular weight excluding hydrogens is 346 g/mol. The average molecular weight is 360 g/mol. The third kappa shape index (κ3) is 3.09. The van der Waals surface area contributed by atoms with Gasteiger partial charge in [0, 0.05) is 18.8 Å². The number of halogens is 2. The van der Waals surface area contributed by atoms with E-state index >= 15 is 0 Å². The summed E-state index contributed by atoms with van der Waals surface area (Å²) in [6.07, 6.45) is 0. The van der Waals surface area contributed by atoms with E-state index in [1.807, 2.05) is 0 Å². The summed E-state index contributed by atoms with van der Waals surface area (Å²) in [6, 6.07) is 10.7. The third-order valence-corrected chi connectivity index (χ3v) is 3.56. The number of nitrogens with zero attached hydrogens (tertiary/aromatic N) is 5. The summed E-state index contributed by atoms with van der Waals surface area (Å²) in [5.74, 6) is -2.01. The standard InChI is InChI=1S/C16H14F2N6O2/c17-12-7-4-8-13(18)14(12)23-16(26)24(21-20-23)15(25)22(10-9-19)11-5-2-1-3-6-11/h1-8H,9-10,19H2. The molecule has 0 saturated carbocycles. The van der Waals surface area contributed by atoms with Crippen LogP contribution in [0.1, 0.15) is 0 Å². The van der Waals surface area contributed by atoms with E-state index in [-0.39, 0.29) is 13.1 Å². The fraction of sp³-hybridized carbons (Fsp3) is 0.125. The van der Waals surface area contributed by atoms with Gasteiger partial charge in [-0.25, -0.2) is 18.4 Å². The Bertz CT molecular complexity index is 966. The van der Waals surface area contributed by atoms with Crippen LogP contribution in [-0.2, 0) is 0 Å². The van der Waals surface area contributed by atoms with Gasteiger partial charge in [-0.2, -0.15) is 4.68 Å². The smallest absolute Gasteiger partial charge is 0.329 e. The maximum absolute atomic E-state index is 13.9. The lowest BCUT2D eigenvalue weighted by atomic mass is 10.3. The number of hydrogen-bond donors (Lipinski definition) is 1. The van der Waals surface area contributed by atoms with Gasteiger partial charge in [0.2, 0.25) is 0 Å². The Morgan fingerprint density at radius 3 is 2.31 bits per heavy atom. The molecule has 0 saturated heterocycles. The molecule has 1 amide bonds. The Balaban J connectivity index is 2.04. The molecule has 26 heavy (non-hydrogen) atoms. The zero-order chi connectivity index (χ0) is 18.7. The Labute approximate surface area is 146 Å². The number of nitrogens with two attached hydrogens (primary N) is 1. The molecule has 0 atom stereocenters. The molecule has 0 fully saturated rings. The SMILES string of the molecule is NCCN(C(=O)n1nnn(-c2c(F)cccc2F)c1=O)c1ccccc1. The number of anilines is 1. The second kappa shape index (κ2) is 7.23. The van der Waals surface area contributed by atoms with Crippen LogP contribution in [0.2, 0.25) is 0 Å². The van der Waals surface area contributed by atoms with Gasteiger partial charge in [-0.15, -0.1) is 4.68 Å². The topological polar surface area (TPSA) is 99.0 Å². The second-order valence-corrected chi connectivity index (χ2v) is 5.21. The van der Waals surface area contributed by atoms with Crippen molar-refractivity contribution in [2.45, 2.75) is 0 Å². The summed E-state index contributed by atoms with van der Waals surface area (Å²) in [6.45, 7) is 0.238. The van der Waals surface area contributed by atoms with Crippen LogP contribution < -0.4 is 16.3 Å². The number of benzene rings is 2. The quantitative estimate of drug-likeness (QED) is 0.704. The Hall–Kier alpha value is -3.40. The molecule has 10 heteroatoms. The van der Waals surface area contributed by atoms with Crippen LogP contribution in [0.25, 0.3) is 5.69 Å². The molecule has 0 spiro atoms. The molecule has 0 unspecified atom stereocenters. The number of para-hydroxylation sites is 2. The van der Waals surface area contributed by atoms with Crippen molar-refractivity contribution in [1.29, 1.82) is 0 Å². The molecular formula is C16H14F2N6O2. The molecule has 0 aliphatic rings. The number of amides is 1. The number of rotatable bonds is 4. The molecule has 1 aromatic heterocycles. The van der Waals surface area contributed by atoms with Gasteiger partial charge in [-0.1, -0.05) is 24.3 Å². The van der Waals surface area contributed by atoms with Gasteiger partial charge < -0.3 is 5.73 Å². The van der Waals surface area contributed by atoms with Crippen LogP contribution >= 0.6 is 0 Å². The maximum atomic E-state index is 13.9. The molecule has 8 nitrogen and oxygen atoms in total. The van der Waals surface area contributed by atoms with Gasteiger partial charge in [0.15, 0.2) is 11.6 Å². The average Bonchev–Trinajstić information content (AvgIpc) is 3.01. The number of tetrazole rings is 1. The van der Waals surface area contributed by atoms with Crippen molar-refractivity contribution in [3.05, 3.63) is 70.6 Å². The summed E-state index contributed by atoms with van der Waals surface area (Å²) < 4.78 is 28.6. The molecule has 1 heterocycles. The highest BCUT2D eigenvalue weighted by Gasteiger charge is 2.24. The molecule has 0 bridgehead atoms. The maximum Gasteiger partial charge on any atom is 0.377 e. The summed E-state index contributed by atoms with van der Waals surface area (Å²) in [5, 5.41) is 6.88. The Kier molecular flexibility index (Phi) is 4.85. The number of hydrogen-bond acceptors (Lipinski definition) is 5. The second-order valence-electron chi connectivity index (χ2n) is 5.21. The van der Waals surface area contributed by atoms with Crippen molar-refractivity contribution in [3.8, 4) is 5.69 Å². The first-order valence-corrected chi connectivity index (χ1v) is 7.61. The lowest BCUT2D eigenvalue weighted by Crippen LogP contribution is -2.43. The van der Waals surface area contributed by atoms with Gasteiger partial charge in [0.05, 0.1) is 0 Å². The number of aromatic nitrogens is 4. The van der Waals surface area contributed by atoms with Gasteiger partial charge in [-0.3, -0.25) is 4.90 Å². The van der Waals surface area contributed by atoms with Crippen molar-refractivity contribution < 1.29 is 13.6 Å². The van der Waals surface area contributed by atoms with Crippen LogP contribution in [0.4, 0.5) is 19.3 Å². The van der Waals surface area contributed by atoms with Crippen LogP contribution in [-0.4, -0.2) is 38.9 Å². The van der Waals surface area contributed by atoms with Crippen molar-refractivity contribution in [2.75, 3.05) is 18.0 Å². The lowest BCUT2D eigenvalue weighted by molar-refractivity contribution is 0.244. The zero-order valence-corrected chi connectivity index (χ0v) is 13.4. The summed E-state index contributed by atoms with van der Waals surface area (Å²) in [4.78, 5) is 26.4. The van der Waals surface area contributed by atoms with Crippen molar-refractivity contribution in [2.24, 2.45) is 5.73 Å². The highest BCUT2D eigenvalue weighted by atomic mass is 19.1. The van der Waals surface area contributed by atoms with Gasteiger partial charge >= 0.3 is 11.7 Å². The van der Waals surface area contributed by atoms with Crippen LogP contribution in [0, 0.1) is 11.6 Å². The minimum atomic E-state index is -1.10. The normalized spacial score (nSPS) is 10.7. The molecule has 3 aromatic rings. The van der Waals surface area contributed by atoms with Gasteiger partial charge in [0.25, 0.3) is 0 Å². The van der Waals surface area contributed by atoms with Gasteiger partial charge in [0.1, 0.15) is 5.69 Å². The van der Waals surface area contributed by atoms with Crippen molar-refractivity contribution >= 4 is 11.7 Å². The van der Waals surface area contributed by atoms with Crippen molar-refractivity contribution in [3.63, 3.8) is 0 Å². The molecule has 0 aliphatic heterocycles. The number of carbonyl (C=O) groups excluding carboxylic acids is 1. The summed E-state index contributed by atoms with van der Waals surface area (Å²) in [7, 11) is 0. The van der Waals surface area contributed by atoms with E-state index in [9.17, 15) is 18.4 Å². The van der Waals surface area contributed by atoms with E-state index in [2.05, 4.69) is 10.4 Å². The molecule has 2 N–H and O–H groups in total. The monoisotopic (exact) mass is 360 g/mol. The first-order valence-electron chi connectivity index (χ1n) is 7.61.